The van der Waals surface area contributed by atoms with Gasteiger partial charge in [-0.2, -0.15) is 0 Å². The summed E-state index contributed by atoms with van der Waals surface area (Å²) in [5.41, 5.74) is 0.614. The van der Waals surface area contributed by atoms with Crippen molar-refractivity contribution in [1.82, 2.24) is 5.32 Å². The maximum Gasteiger partial charge on any atom is 0.339 e. The number of nitro benzene ring substituents is 1. The molecule has 0 fully saturated rings. The molecular formula is C19H20FN3O5. The molecule has 2 N–H and O–H groups in total. The first-order chi connectivity index (χ1) is 13.2. The van der Waals surface area contributed by atoms with Gasteiger partial charge in [0.25, 0.3) is 11.6 Å². The van der Waals surface area contributed by atoms with Crippen LogP contribution in [0.2, 0.25) is 0 Å². The van der Waals surface area contributed by atoms with Gasteiger partial charge in [0, 0.05) is 13.1 Å². The van der Waals surface area contributed by atoms with E-state index in [0.29, 0.717) is 5.56 Å². The fourth-order valence-electron chi connectivity index (χ4n) is 2.47. The zero-order valence-electron chi connectivity index (χ0n) is 15.6. The molecule has 1 amide bonds. The third-order valence-electron chi connectivity index (χ3n) is 4.08. The minimum absolute atomic E-state index is 0.0445. The zero-order valence-corrected chi connectivity index (χ0v) is 15.6. The lowest BCUT2D eigenvalue weighted by Gasteiger charge is -2.18. The molecule has 0 bridgehead atoms. The second-order valence-electron chi connectivity index (χ2n) is 6.07. The molecule has 0 saturated carbocycles. The van der Waals surface area contributed by atoms with Crippen LogP contribution in [0, 0.1) is 15.9 Å². The number of anilines is 1. The highest BCUT2D eigenvalue weighted by Crippen LogP contribution is 2.25. The lowest BCUT2D eigenvalue weighted by molar-refractivity contribution is -0.384. The van der Waals surface area contributed by atoms with E-state index >= 15 is 0 Å². The first kappa shape index (κ1) is 20.8. The van der Waals surface area contributed by atoms with Crippen LogP contribution in [0.4, 0.5) is 15.8 Å². The van der Waals surface area contributed by atoms with Gasteiger partial charge in [0.05, 0.1) is 16.5 Å². The van der Waals surface area contributed by atoms with Crippen molar-refractivity contribution in [1.29, 1.82) is 0 Å². The standard InChI is InChI=1S/C19H20FN3O5/c1-11(13-4-7-15(20)8-5-13)22-18(24)12(2)28-19(25)14-6-9-16(21-3)17(10-14)23(26)27/h4-12,21H,1-3H3,(H,22,24)/t11-,12-/m1/s1. The Hall–Kier alpha value is -3.49. The van der Waals surface area contributed by atoms with Crippen molar-refractivity contribution in [3.05, 3.63) is 69.5 Å². The molecule has 2 rings (SSSR count). The number of carbonyl (C=O) groups is 2. The van der Waals surface area contributed by atoms with Crippen LogP contribution >= 0.6 is 0 Å². The second kappa shape index (κ2) is 8.94. The number of nitrogens with one attached hydrogen (secondary N) is 2. The van der Waals surface area contributed by atoms with Crippen LogP contribution in [0.1, 0.15) is 35.8 Å². The van der Waals surface area contributed by atoms with Crippen LogP contribution in [0.15, 0.2) is 42.5 Å². The van der Waals surface area contributed by atoms with E-state index in [4.69, 9.17) is 4.74 Å². The number of amides is 1. The van der Waals surface area contributed by atoms with E-state index in [-0.39, 0.29) is 22.8 Å². The summed E-state index contributed by atoms with van der Waals surface area (Å²) >= 11 is 0. The summed E-state index contributed by atoms with van der Waals surface area (Å²) in [6.45, 7) is 3.10. The maximum absolute atomic E-state index is 13.0. The Labute approximate surface area is 160 Å². The summed E-state index contributed by atoms with van der Waals surface area (Å²) in [7, 11) is 1.52. The SMILES string of the molecule is CNc1ccc(C(=O)O[C@H](C)C(=O)N[C@H](C)c2ccc(F)cc2)cc1[N+](=O)[O-]. The van der Waals surface area contributed by atoms with Gasteiger partial charge in [0.1, 0.15) is 11.5 Å². The van der Waals surface area contributed by atoms with Crippen molar-refractivity contribution >= 4 is 23.3 Å². The maximum atomic E-state index is 13.0. The number of nitrogens with zero attached hydrogens (tertiary/aromatic N) is 1. The van der Waals surface area contributed by atoms with E-state index in [1.54, 1.807) is 19.1 Å². The second-order valence-corrected chi connectivity index (χ2v) is 6.07. The van der Waals surface area contributed by atoms with Crippen LogP contribution in [-0.4, -0.2) is 30.0 Å². The molecule has 8 nitrogen and oxygen atoms in total. The molecule has 0 saturated heterocycles. The molecule has 0 aliphatic heterocycles. The quantitative estimate of drug-likeness (QED) is 0.427. The van der Waals surface area contributed by atoms with Crippen molar-refractivity contribution < 1.29 is 23.6 Å². The van der Waals surface area contributed by atoms with Gasteiger partial charge in [-0.05, 0) is 43.7 Å². The fraction of sp³-hybridized carbons (Fsp3) is 0.263. The lowest BCUT2D eigenvalue weighted by Crippen LogP contribution is -2.37. The first-order valence-electron chi connectivity index (χ1n) is 8.46. The van der Waals surface area contributed by atoms with Gasteiger partial charge in [-0.15, -0.1) is 0 Å². The summed E-state index contributed by atoms with van der Waals surface area (Å²) in [5, 5.41) is 16.4. The summed E-state index contributed by atoms with van der Waals surface area (Å²) in [5.74, 6) is -1.79. The number of halogens is 1. The predicted octanol–water partition coefficient (Wildman–Crippen LogP) is 3.20. The van der Waals surface area contributed by atoms with Crippen molar-refractivity contribution in [2.75, 3.05) is 12.4 Å². The average molecular weight is 389 g/mol. The Morgan fingerprint density at radius 2 is 1.79 bits per heavy atom. The molecule has 2 atom stereocenters. The Morgan fingerprint density at radius 3 is 2.36 bits per heavy atom. The van der Waals surface area contributed by atoms with Crippen LogP contribution in [0.5, 0.6) is 0 Å². The minimum Gasteiger partial charge on any atom is -0.449 e. The van der Waals surface area contributed by atoms with E-state index in [1.165, 1.54) is 38.2 Å². The number of carbonyl (C=O) groups excluding carboxylic acids is 2. The number of nitro groups is 1. The Balaban J connectivity index is 2.03. The summed E-state index contributed by atoms with van der Waals surface area (Å²) < 4.78 is 18.1. The van der Waals surface area contributed by atoms with Gasteiger partial charge in [0.15, 0.2) is 6.10 Å². The molecule has 0 aliphatic carbocycles. The topological polar surface area (TPSA) is 111 Å². The van der Waals surface area contributed by atoms with Crippen molar-refractivity contribution in [2.24, 2.45) is 0 Å². The molecule has 2 aromatic rings. The van der Waals surface area contributed by atoms with E-state index in [1.807, 2.05) is 0 Å². The molecule has 0 aromatic heterocycles. The Kier molecular flexibility index (Phi) is 6.64. The van der Waals surface area contributed by atoms with Crippen molar-refractivity contribution in [3.63, 3.8) is 0 Å². The smallest absolute Gasteiger partial charge is 0.339 e. The van der Waals surface area contributed by atoms with E-state index in [0.717, 1.165) is 6.07 Å². The normalized spacial score (nSPS) is 12.6. The molecule has 0 heterocycles. The summed E-state index contributed by atoms with van der Waals surface area (Å²) in [6, 6.07) is 9.05. The molecule has 148 valence electrons. The van der Waals surface area contributed by atoms with Crippen molar-refractivity contribution in [2.45, 2.75) is 26.0 Å². The van der Waals surface area contributed by atoms with Crippen LogP contribution < -0.4 is 10.6 Å². The molecule has 0 unspecified atom stereocenters. The number of hydrogen-bond acceptors (Lipinski definition) is 6. The summed E-state index contributed by atoms with van der Waals surface area (Å²) in [4.78, 5) is 35.0. The van der Waals surface area contributed by atoms with Gasteiger partial charge in [0.2, 0.25) is 0 Å². The zero-order chi connectivity index (χ0) is 20.8. The first-order valence-corrected chi connectivity index (χ1v) is 8.46. The van der Waals surface area contributed by atoms with Crippen LogP contribution in [-0.2, 0) is 9.53 Å². The molecular weight excluding hydrogens is 369 g/mol. The minimum atomic E-state index is -1.13. The molecule has 28 heavy (non-hydrogen) atoms. The monoisotopic (exact) mass is 389 g/mol. The van der Waals surface area contributed by atoms with Crippen molar-refractivity contribution in [3.8, 4) is 0 Å². The highest BCUT2D eigenvalue weighted by atomic mass is 19.1. The largest absolute Gasteiger partial charge is 0.449 e. The Bertz CT molecular complexity index is 886. The molecule has 9 heteroatoms. The molecule has 0 spiro atoms. The lowest BCUT2D eigenvalue weighted by atomic mass is 10.1. The van der Waals surface area contributed by atoms with Gasteiger partial charge in [-0.1, -0.05) is 12.1 Å². The van der Waals surface area contributed by atoms with Gasteiger partial charge < -0.3 is 15.4 Å². The molecule has 2 aromatic carbocycles. The highest BCUT2D eigenvalue weighted by molar-refractivity contribution is 5.93. The van der Waals surface area contributed by atoms with E-state index < -0.39 is 28.9 Å². The number of esters is 1. The van der Waals surface area contributed by atoms with E-state index in [9.17, 15) is 24.1 Å². The fourth-order valence-corrected chi connectivity index (χ4v) is 2.47. The number of rotatable bonds is 7. The molecule has 0 aliphatic rings. The van der Waals surface area contributed by atoms with Crippen LogP contribution in [0.25, 0.3) is 0 Å². The number of benzene rings is 2. The van der Waals surface area contributed by atoms with Crippen LogP contribution in [0.3, 0.4) is 0 Å². The summed E-state index contributed by atoms with van der Waals surface area (Å²) in [6.07, 6.45) is -1.13. The molecule has 0 radical (unpaired) electrons. The predicted molar refractivity (Wildman–Crippen MR) is 100 cm³/mol. The van der Waals surface area contributed by atoms with Gasteiger partial charge in [-0.3, -0.25) is 14.9 Å². The number of hydrogen-bond donors (Lipinski definition) is 2. The van der Waals surface area contributed by atoms with Gasteiger partial charge in [-0.25, -0.2) is 9.18 Å². The number of ether oxygens (including phenoxy) is 1. The van der Waals surface area contributed by atoms with E-state index in [2.05, 4.69) is 10.6 Å². The third kappa shape index (κ3) is 5.03. The third-order valence-corrected chi connectivity index (χ3v) is 4.08. The van der Waals surface area contributed by atoms with Gasteiger partial charge >= 0.3 is 5.97 Å². The highest BCUT2D eigenvalue weighted by Gasteiger charge is 2.23. The average Bonchev–Trinajstić information content (AvgIpc) is 2.67. The Morgan fingerprint density at radius 1 is 1.14 bits per heavy atom.